The zero-order valence-electron chi connectivity index (χ0n) is 9.00. The van der Waals surface area contributed by atoms with E-state index >= 15 is 0 Å². The molecule has 0 heterocycles. The van der Waals surface area contributed by atoms with Crippen LogP contribution < -0.4 is 4.72 Å². The third kappa shape index (κ3) is 3.35. The summed E-state index contributed by atoms with van der Waals surface area (Å²) in [4.78, 5) is 0.0160. The molecular formula is C10H13Cl2NO2S. The molecule has 16 heavy (non-hydrogen) atoms. The van der Waals surface area contributed by atoms with Crippen LogP contribution in [-0.2, 0) is 10.0 Å². The SMILES string of the molecule is CC(C)CNS(=O)(=O)c1cccc(Cl)c1Cl. The molecule has 0 aliphatic rings. The summed E-state index contributed by atoms with van der Waals surface area (Å²) in [6.45, 7) is 4.20. The van der Waals surface area contributed by atoms with E-state index in [1.54, 1.807) is 12.1 Å². The van der Waals surface area contributed by atoms with Crippen molar-refractivity contribution in [1.29, 1.82) is 0 Å². The van der Waals surface area contributed by atoms with Gasteiger partial charge in [0.05, 0.1) is 10.0 Å². The fourth-order valence-corrected chi connectivity index (χ4v) is 3.02. The maximum absolute atomic E-state index is 11.9. The van der Waals surface area contributed by atoms with Gasteiger partial charge in [-0.3, -0.25) is 0 Å². The normalized spacial score (nSPS) is 12.1. The molecule has 0 saturated carbocycles. The van der Waals surface area contributed by atoms with Crippen molar-refractivity contribution in [1.82, 2.24) is 4.72 Å². The Labute approximate surface area is 106 Å². The van der Waals surface area contributed by atoms with E-state index in [1.165, 1.54) is 6.07 Å². The smallest absolute Gasteiger partial charge is 0.211 e. The molecule has 6 heteroatoms. The summed E-state index contributed by atoms with van der Waals surface area (Å²) >= 11 is 11.6. The van der Waals surface area contributed by atoms with Gasteiger partial charge in [-0.2, -0.15) is 0 Å². The van der Waals surface area contributed by atoms with E-state index in [2.05, 4.69) is 4.72 Å². The summed E-state index contributed by atoms with van der Waals surface area (Å²) in [5, 5.41) is 0.287. The summed E-state index contributed by atoms with van der Waals surface area (Å²) in [7, 11) is -3.57. The van der Waals surface area contributed by atoms with Gasteiger partial charge in [-0.05, 0) is 18.1 Å². The molecule has 0 bridgehead atoms. The van der Waals surface area contributed by atoms with E-state index in [4.69, 9.17) is 23.2 Å². The maximum atomic E-state index is 11.9. The number of sulfonamides is 1. The Morgan fingerprint density at radius 3 is 2.50 bits per heavy atom. The van der Waals surface area contributed by atoms with Crippen LogP contribution >= 0.6 is 23.2 Å². The Morgan fingerprint density at radius 2 is 1.94 bits per heavy atom. The minimum Gasteiger partial charge on any atom is -0.211 e. The van der Waals surface area contributed by atoms with Crippen LogP contribution in [0.5, 0.6) is 0 Å². The molecular weight excluding hydrogens is 269 g/mol. The molecule has 1 N–H and O–H groups in total. The van der Waals surface area contributed by atoms with E-state index in [-0.39, 0.29) is 20.9 Å². The third-order valence-electron chi connectivity index (χ3n) is 1.89. The molecule has 0 aromatic heterocycles. The van der Waals surface area contributed by atoms with Gasteiger partial charge in [-0.25, -0.2) is 13.1 Å². The standard InChI is InChI=1S/C10H13Cl2NO2S/c1-7(2)6-13-16(14,15)9-5-3-4-8(11)10(9)12/h3-5,7,13H,6H2,1-2H3. The molecule has 0 fully saturated rings. The predicted molar refractivity (Wildman–Crippen MR) is 66.5 cm³/mol. The zero-order chi connectivity index (χ0) is 12.3. The minimum atomic E-state index is -3.57. The van der Waals surface area contributed by atoms with Crippen LogP contribution in [-0.4, -0.2) is 15.0 Å². The van der Waals surface area contributed by atoms with Gasteiger partial charge in [0, 0.05) is 6.54 Å². The molecule has 0 atom stereocenters. The van der Waals surface area contributed by atoms with Gasteiger partial charge in [-0.15, -0.1) is 0 Å². The van der Waals surface area contributed by atoms with Crippen molar-refractivity contribution in [2.24, 2.45) is 5.92 Å². The first-order chi connectivity index (χ1) is 7.34. The Morgan fingerprint density at radius 1 is 1.31 bits per heavy atom. The van der Waals surface area contributed by atoms with Crippen LogP contribution in [0.15, 0.2) is 23.1 Å². The first kappa shape index (κ1) is 13.8. The molecule has 1 aromatic carbocycles. The van der Waals surface area contributed by atoms with E-state index < -0.39 is 10.0 Å². The summed E-state index contributed by atoms with van der Waals surface area (Å²) in [5.74, 6) is 0.229. The number of hydrogen-bond donors (Lipinski definition) is 1. The Hall–Kier alpha value is -0.290. The van der Waals surface area contributed by atoms with Crippen molar-refractivity contribution in [3.05, 3.63) is 28.2 Å². The topological polar surface area (TPSA) is 46.2 Å². The van der Waals surface area contributed by atoms with Gasteiger partial charge < -0.3 is 0 Å². The van der Waals surface area contributed by atoms with Crippen LogP contribution in [0.2, 0.25) is 10.0 Å². The lowest BCUT2D eigenvalue weighted by Gasteiger charge is -2.10. The van der Waals surface area contributed by atoms with Crippen molar-refractivity contribution in [3.8, 4) is 0 Å². The molecule has 90 valence electrons. The molecule has 0 radical (unpaired) electrons. The summed E-state index contributed by atoms with van der Waals surface area (Å²) < 4.78 is 26.2. The minimum absolute atomic E-state index is 0.0160. The van der Waals surface area contributed by atoms with E-state index in [9.17, 15) is 8.42 Å². The number of rotatable bonds is 4. The average Bonchev–Trinajstić information content (AvgIpc) is 2.19. The lowest BCUT2D eigenvalue weighted by Crippen LogP contribution is -2.27. The predicted octanol–water partition coefficient (Wildman–Crippen LogP) is 2.93. The average molecular weight is 282 g/mol. The van der Waals surface area contributed by atoms with Crippen LogP contribution in [0.1, 0.15) is 13.8 Å². The fraction of sp³-hybridized carbons (Fsp3) is 0.400. The highest BCUT2D eigenvalue weighted by atomic mass is 35.5. The Kier molecular flexibility index (Phi) is 4.62. The number of halogens is 2. The van der Waals surface area contributed by atoms with Gasteiger partial charge in [0.1, 0.15) is 4.90 Å². The zero-order valence-corrected chi connectivity index (χ0v) is 11.3. The van der Waals surface area contributed by atoms with Gasteiger partial charge in [0.2, 0.25) is 10.0 Å². The van der Waals surface area contributed by atoms with Crippen molar-refractivity contribution in [2.45, 2.75) is 18.7 Å². The quantitative estimate of drug-likeness (QED) is 0.923. The van der Waals surface area contributed by atoms with Gasteiger partial charge >= 0.3 is 0 Å². The molecule has 0 aliphatic heterocycles. The lowest BCUT2D eigenvalue weighted by molar-refractivity contribution is 0.560. The third-order valence-corrected chi connectivity index (χ3v) is 4.28. The van der Waals surface area contributed by atoms with E-state index in [0.717, 1.165) is 0 Å². The van der Waals surface area contributed by atoms with Crippen LogP contribution in [0, 0.1) is 5.92 Å². The number of nitrogens with one attached hydrogen (secondary N) is 1. The monoisotopic (exact) mass is 281 g/mol. The second-order valence-electron chi connectivity index (χ2n) is 3.80. The van der Waals surface area contributed by atoms with Crippen LogP contribution in [0.4, 0.5) is 0 Å². The Balaban J connectivity index is 3.03. The second kappa shape index (κ2) is 5.36. The van der Waals surface area contributed by atoms with Crippen molar-refractivity contribution < 1.29 is 8.42 Å². The van der Waals surface area contributed by atoms with Crippen LogP contribution in [0.3, 0.4) is 0 Å². The number of benzene rings is 1. The fourth-order valence-electron chi connectivity index (χ4n) is 1.05. The molecule has 1 rings (SSSR count). The van der Waals surface area contributed by atoms with Gasteiger partial charge in [-0.1, -0.05) is 43.1 Å². The van der Waals surface area contributed by atoms with Crippen molar-refractivity contribution in [2.75, 3.05) is 6.54 Å². The molecule has 0 saturated heterocycles. The highest BCUT2D eigenvalue weighted by Crippen LogP contribution is 2.28. The molecule has 0 spiro atoms. The van der Waals surface area contributed by atoms with Crippen LogP contribution in [0.25, 0.3) is 0 Å². The van der Waals surface area contributed by atoms with Gasteiger partial charge in [0.15, 0.2) is 0 Å². The molecule has 0 unspecified atom stereocenters. The first-order valence-corrected chi connectivity index (χ1v) is 7.02. The molecule has 0 amide bonds. The molecule has 3 nitrogen and oxygen atoms in total. The lowest BCUT2D eigenvalue weighted by atomic mass is 10.2. The maximum Gasteiger partial charge on any atom is 0.242 e. The summed E-state index contributed by atoms with van der Waals surface area (Å²) in [5.41, 5.74) is 0. The van der Waals surface area contributed by atoms with E-state index in [1.807, 2.05) is 13.8 Å². The van der Waals surface area contributed by atoms with E-state index in [0.29, 0.717) is 6.54 Å². The largest absolute Gasteiger partial charge is 0.242 e. The molecule has 1 aromatic rings. The highest BCUT2D eigenvalue weighted by Gasteiger charge is 2.19. The van der Waals surface area contributed by atoms with Crippen molar-refractivity contribution >= 4 is 33.2 Å². The Bertz CT molecular complexity index is 472. The highest BCUT2D eigenvalue weighted by molar-refractivity contribution is 7.89. The first-order valence-electron chi connectivity index (χ1n) is 4.78. The van der Waals surface area contributed by atoms with Gasteiger partial charge in [0.25, 0.3) is 0 Å². The summed E-state index contributed by atoms with van der Waals surface area (Å²) in [6.07, 6.45) is 0. The summed E-state index contributed by atoms with van der Waals surface area (Å²) in [6, 6.07) is 4.53. The molecule has 0 aliphatic carbocycles. The second-order valence-corrected chi connectivity index (χ2v) is 6.32. The van der Waals surface area contributed by atoms with Crippen molar-refractivity contribution in [3.63, 3.8) is 0 Å². The number of hydrogen-bond acceptors (Lipinski definition) is 2.